The van der Waals surface area contributed by atoms with Crippen LogP contribution >= 0.6 is 0 Å². The molecule has 1 aromatic rings. The molecule has 0 aromatic heterocycles. The molecule has 20 heavy (non-hydrogen) atoms. The highest BCUT2D eigenvalue weighted by Crippen LogP contribution is 2.06. The fourth-order valence-electron chi connectivity index (χ4n) is 1.91. The fourth-order valence-corrected chi connectivity index (χ4v) is 1.91. The van der Waals surface area contributed by atoms with Crippen LogP contribution in [0, 0.1) is 5.92 Å². The van der Waals surface area contributed by atoms with Gasteiger partial charge in [0, 0.05) is 12.6 Å². The molecule has 2 amide bonds. The first-order valence-corrected chi connectivity index (χ1v) is 6.80. The van der Waals surface area contributed by atoms with E-state index in [9.17, 15) is 9.59 Å². The monoisotopic (exact) mass is 278 g/mol. The number of aromatic carboxylic acids is 1. The Balaban J connectivity index is 2.46. The Morgan fingerprint density at radius 2 is 1.80 bits per heavy atom. The Labute approximate surface area is 119 Å². The molecule has 5 nitrogen and oxygen atoms in total. The van der Waals surface area contributed by atoms with Crippen LogP contribution in [0.15, 0.2) is 24.3 Å². The molecule has 1 unspecified atom stereocenters. The van der Waals surface area contributed by atoms with E-state index in [1.165, 1.54) is 12.1 Å². The molecule has 0 bridgehead atoms. The third kappa shape index (κ3) is 4.91. The Morgan fingerprint density at radius 3 is 2.25 bits per heavy atom. The van der Waals surface area contributed by atoms with Crippen LogP contribution in [0.2, 0.25) is 0 Å². The van der Waals surface area contributed by atoms with E-state index in [0.717, 1.165) is 12.0 Å². The average molecular weight is 278 g/mol. The zero-order valence-electron chi connectivity index (χ0n) is 12.1. The Morgan fingerprint density at radius 1 is 1.20 bits per heavy atom. The zero-order valence-corrected chi connectivity index (χ0v) is 12.1. The molecule has 0 saturated carbocycles. The van der Waals surface area contributed by atoms with Crippen molar-refractivity contribution >= 4 is 12.0 Å². The SMILES string of the molecule is CCC(NC(=O)NCc1ccc(C(=O)O)cc1)C(C)C. The molecule has 1 rings (SSSR count). The molecule has 0 spiro atoms. The van der Waals surface area contributed by atoms with Gasteiger partial charge < -0.3 is 15.7 Å². The van der Waals surface area contributed by atoms with Crippen LogP contribution < -0.4 is 10.6 Å². The number of hydrogen-bond acceptors (Lipinski definition) is 2. The number of rotatable bonds is 6. The predicted octanol–water partition coefficient (Wildman–Crippen LogP) is 2.62. The number of benzene rings is 1. The van der Waals surface area contributed by atoms with Crippen LogP contribution in [-0.2, 0) is 6.54 Å². The van der Waals surface area contributed by atoms with E-state index < -0.39 is 5.97 Å². The summed E-state index contributed by atoms with van der Waals surface area (Å²) in [6.07, 6.45) is 0.887. The second-order valence-corrected chi connectivity index (χ2v) is 5.09. The zero-order chi connectivity index (χ0) is 15.1. The van der Waals surface area contributed by atoms with Gasteiger partial charge in [-0.05, 0) is 30.0 Å². The topological polar surface area (TPSA) is 78.4 Å². The van der Waals surface area contributed by atoms with Crippen LogP contribution in [0.3, 0.4) is 0 Å². The molecule has 0 radical (unpaired) electrons. The van der Waals surface area contributed by atoms with Crippen molar-refractivity contribution in [3.63, 3.8) is 0 Å². The highest BCUT2D eigenvalue weighted by Gasteiger charge is 2.13. The van der Waals surface area contributed by atoms with Crippen LogP contribution in [0.4, 0.5) is 4.79 Å². The van der Waals surface area contributed by atoms with Gasteiger partial charge in [-0.3, -0.25) is 0 Å². The summed E-state index contributed by atoms with van der Waals surface area (Å²) in [7, 11) is 0. The third-order valence-electron chi connectivity index (χ3n) is 3.22. The molecule has 0 saturated heterocycles. The Kier molecular flexibility index (Phi) is 6.03. The van der Waals surface area contributed by atoms with Gasteiger partial charge in [-0.2, -0.15) is 0 Å². The lowest BCUT2D eigenvalue weighted by Gasteiger charge is -2.20. The quantitative estimate of drug-likeness (QED) is 0.748. The summed E-state index contributed by atoms with van der Waals surface area (Å²) in [5.74, 6) is -0.564. The van der Waals surface area contributed by atoms with Gasteiger partial charge in [-0.1, -0.05) is 32.9 Å². The highest BCUT2D eigenvalue weighted by atomic mass is 16.4. The molecule has 0 aliphatic carbocycles. The van der Waals surface area contributed by atoms with Crippen LogP contribution in [-0.4, -0.2) is 23.1 Å². The lowest BCUT2D eigenvalue weighted by Crippen LogP contribution is -2.43. The first-order valence-electron chi connectivity index (χ1n) is 6.80. The smallest absolute Gasteiger partial charge is 0.335 e. The molecule has 0 fully saturated rings. The standard InChI is InChI=1S/C15H22N2O3/c1-4-13(10(2)3)17-15(20)16-9-11-5-7-12(8-6-11)14(18)19/h5-8,10,13H,4,9H2,1-3H3,(H,18,19)(H2,16,17,20). The van der Waals surface area contributed by atoms with Gasteiger partial charge in [0.2, 0.25) is 0 Å². The summed E-state index contributed by atoms with van der Waals surface area (Å²) >= 11 is 0. The van der Waals surface area contributed by atoms with Gasteiger partial charge in [-0.25, -0.2) is 9.59 Å². The molecule has 3 N–H and O–H groups in total. The van der Waals surface area contributed by atoms with Gasteiger partial charge >= 0.3 is 12.0 Å². The second-order valence-electron chi connectivity index (χ2n) is 5.09. The van der Waals surface area contributed by atoms with Crippen molar-refractivity contribution in [3.8, 4) is 0 Å². The number of carbonyl (C=O) groups is 2. The van der Waals surface area contributed by atoms with Crippen molar-refractivity contribution in [2.75, 3.05) is 0 Å². The van der Waals surface area contributed by atoms with E-state index >= 15 is 0 Å². The van der Waals surface area contributed by atoms with Crippen molar-refractivity contribution < 1.29 is 14.7 Å². The fraction of sp³-hybridized carbons (Fsp3) is 0.467. The average Bonchev–Trinajstić information content (AvgIpc) is 2.42. The number of carboxylic acids is 1. The number of carbonyl (C=O) groups excluding carboxylic acids is 1. The maximum Gasteiger partial charge on any atom is 0.335 e. The minimum absolute atomic E-state index is 0.157. The Bertz CT molecular complexity index is 455. The van der Waals surface area contributed by atoms with Gasteiger partial charge in [0.25, 0.3) is 0 Å². The largest absolute Gasteiger partial charge is 0.478 e. The summed E-state index contributed by atoms with van der Waals surface area (Å²) in [5.41, 5.74) is 1.10. The molecule has 0 aliphatic rings. The second kappa shape index (κ2) is 7.53. The highest BCUT2D eigenvalue weighted by molar-refractivity contribution is 5.87. The predicted molar refractivity (Wildman–Crippen MR) is 77.7 cm³/mol. The van der Waals surface area contributed by atoms with E-state index in [1.54, 1.807) is 12.1 Å². The van der Waals surface area contributed by atoms with Crippen molar-refractivity contribution in [1.29, 1.82) is 0 Å². The normalized spacial score (nSPS) is 12.0. The first kappa shape index (κ1) is 16.0. The first-order chi connectivity index (χ1) is 9.43. The number of urea groups is 1. The summed E-state index contributed by atoms with van der Waals surface area (Å²) in [5, 5.41) is 14.5. The van der Waals surface area contributed by atoms with Crippen LogP contribution in [0.25, 0.3) is 0 Å². The Hall–Kier alpha value is -2.04. The van der Waals surface area contributed by atoms with Crippen molar-refractivity contribution in [3.05, 3.63) is 35.4 Å². The van der Waals surface area contributed by atoms with Crippen LogP contribution in [0.1, 0.15) is 43.1 Å². The molecular weight excluding hydrogens is 256 g/mol. The van der Waals surface area contributed by atoms with Crippen LogP contribution in [0.5, 0.6) is 0 Å². The molecule has 0 heterocycles. The lowest BCUT2D eigenvalue weighted by molar-refractivity contribution is 0.0697. The number of carboxylic acid groups (broad SMARTS) is 1. The van der Waals surface area contributed by atoms with Crippen molar-refractivity contribution in [1.82, 2.24) is 10.6 Å². The summed E-state index contributed by atoms with van der Waals surface area (Å²) in [4.78, 5) is 22.5. The van der Waals surface area contributed by atoms with Gasteiger partial charge in [0.15, 0.2) is 0 Å². The molecule has 0 aliphatic heterocycles. The van der Waals surface area contributed by atoms with Crippen molar-refractivity contribution in [2.24, 2.45) is 5.92 Å². The molecular formula is C15H22N2O3. The van der Waals surface area contributed by atoms with Gasteiger partial charge in [-0.15, -0.1) is 0 Å². The lowest BCUT2D eigenvalue weighted by atomic mass is 10.0. The van der Waals surface area contributed by atoms with Gasteiger partial charge in [0.05, 0.1) is 5.56 Å². The summed E-state index contributed by atoms with van der Waals surface area (Å²) in [6.45, 7) is 6.55. The number of hydrogen-bond donors (Lipinski definition) is 3. The van der Waals surface area contributed by atoms with E-state index in [0.29, 0.717) is 12.5 Å². The molecule has 1 atom stereocenters. The maximum absolute atomic E-state index is 11.7. The van der Waals surface area contributed by atoms with E-state index in [1.807, 2.05) is 6.92 Å². The van der Waals surface area contributed by atoms with Gasteiger partial charge in [0.1, 0.15) is 0 Å². The summed E-state index contributed by atoms with van der Waals surface area (Å²) in [6, 6.07) is 6.41. The van der Waals surface area contributed by atoms with E-state index in [4.69, 9.17) is 5.11 Å². The van der Waals surface area contributed by atoms with Crippen molar-refractivity contribution in [2.45, 2.75) is 39.8 Å². The molecule has 1 aromatic carbocycles. The molecule has 110 valence electrons. The maximum atomic E-state index is 11.7. The minimum Gasteiger partial charge on any atom is -0.478 e. The minimum atomic E-state index is -0.954. The van der Waals surface area contributed by atoms with E-state index in [2.05, 4.69) is 24.5 Å². The third-order valence-corrected chi connectivity index (χ3v) is 3.22. The number of amides is 2. The number of nitrogens with one attached hydrogen (secondary N) is 2. The summed E-state index contributed by atoms with van der Waals surface area (Å²) < 4.78 is 0. The van der Waals surface area contributed by atoms with E-state index in [-0.39, 0.29) is 17.6 Å². The molecule has 5 heteroatoms.